The first kappa shape index (κ1) is 9.65. The fourth-order valence-corrected chi connectivity index (χ4v) is 1.38. The molecule has 12 heavy (non-hydrogen) atoms. The SMILES string of the molecule is C=CCCN1CCC(F)(F)CC1. The summed E-state index contributed by atoms with van der Waals surface area (Å²) in [7, 11) is 0. The molecule has 0 aromatic heterocycles. The fraction of sp³-hybridized carbons (Fsp3) is 0.778. The molecule has 0 aromatic carbocycles. The quantitative estimate of drug-likeness (QED) is 0.595. The molecule has 1 fully saturated rings. The summed E-state index contributed by atoms with van der Waals surface area (Å²) in [5, 5.41) is 0. The molecule has 0 unspecified atom stereocenters. The van der Waals surface area contributed by atoms with Gasteiger partial charge in [-0.15, -0.1) is 6.58 Å². The molecule has 0 spiro atoms. The summed E-state index contributed by atoms with van der Waals surface area (Å²) < 4.78 is 25.3. The minimum Gasteiger partial charge on any atom is -0.303 e. The molecule has 0 amide bonds. The summed E-state index contributed by atoms with van der Waals surface area (Å²) in [5.74, 6) is -2.41. The topological polar surface area (TPSA) is 3.24 Å². The Labute approximate surface area is 72.1 Å². The maximum absolute atomic E-state index is 12.7. The van der Waals surface area contributed by atoms with Crippen molar-refractivity contribution in [2.24, 2.45) is 0 Å². The van der Waals surface area contributed by atoms with E-state index in [-0.39, 0.29) is 12.8 Å². The van der Waals surface area contributed by atoms with Crippen LogP contribution in [-0.2, 0) is 0 Å². The Morgan fingerprint density at radius 2 is 1.92 bits per heavy atom. The number of rotatable bonds is 3. The van der Waals surface area contributed by atoms with Crippen molar-refractivity contribution < 1.29 is 8.78 Å². The smallest absolute Gasteiger partial charge is 0.250 e. The van der Waals surface area contributed by atoms with E-state index in [1.165, 1.54) is 0 Å². The fourth-order valence-electron chi connectivity index (χ4n) is 1.38. The van der Waals surface area contributed by atoms with E-state index in [1.807, 2.05) is 6.08 Å². The number of hydrogen-bond acceptors (Lipinski definition) is 1. The molecule has 0 bridgehead atoms. The molecule has 3 heteroatoms. The molecule has 70 valence electrons. The van der Waals surface area contributed by atoms with Gasteiger partial charge in [0.05, 0.1) is 0 Å². The van der Waals surface area contributed by atoms with Gasteiger partial charge in [0.2, 0.25) is 0 Å². The summed E-state index contributed by atoms with van der Waals surface area (Å²) in [5.41, 5.74) is 0. The summed E-state index contributed by atoms with van der Waals surface area (Å²) in [6, 6.07) is 0. The Bertz CT molecular complexity index is 147. The van der Waals surface area contributed by atoms with Crippen LogP contribution in [0.3, 0.4) is 0 Å². The van der Waals surface area contributed by atoms with Crippen LogP contribution in [0.2, 0.25) is 0 Å². The number of alkyl halides is 2. The highest BCUT2D eigenvalue weighted by Gasteiger charge is 2.33. The van der Waals surface area contributed by atoms with Gasteiger partial charge in [0.1, 0.15) is 0 Å². The average molecular weight is 175 g/mol. The maximum Gasteiger partial charge on any atom is 0.250 e. The van der Waals surface area contributed by atoms with Crippen LogP contribution in [0, 0.1) is 0 Å². The highest BCUT2D eigenvalue weighted by Crippen LogP contribution is 2.27. The lowest BCUT2D eigenvalue weighted by Crippen LogP contribution is -2.39. The summed E-state index contributed by atoms with van der Waals surface area (Å²) >= 11 is 0. The predicted octanol–water partition coefficient (Wildman–Crippen LogP) is 2.29. The number of hydrogen-bond donors (Lipinski definition) is 0. The third-order valence-electron chi connectivity index (χ3n) is 2.24. The van der Waals surface area contributed by atoms with Gasteiger partial charge in [-0.1, -0.05) is 6.08 Å². The van der Waals surface area contributed by atoms with Crippen LogP contribution in [0.5, 0.6) is 0 Å². The zero-order valence-electron chi connectivity index (χ0n) is 7.23. The van der Waals surface area contributed by atoms with E-state index in [2.05, 4.69) is 11.5 Å². The molecule has 1 aliphatic rings. The van der Waals surface area contributed by atoms with E-state index >= 15 is 0 Å². The van der Waals surface area contributed by atoms with E-state index in [9.17, 15) is 8.78 Å². The van der Waals surface area contributed by atoms with E-state index < -0.39 is 5.92 Å². The van der Waals surface area contributed by atoms with Crippen LogP contribution in [0.4, 0.5) is 8.78 Å². The minimum atomic E-state index is -2.41. The molecule has 0 aromatic rings. The van der Waals surface area contributed by atoms with E-state index in [0.29, 0.717) is 13.1 Å². The molecule has 1 nitrogen and oxygen atoms in total. The predicted molar refractivity (Wildman–Crippen MR) is 45.4 cm³/mol. The van der Waals surface area contributed by atoms with Gasteiger partial charge in [0.25, 0.3) is 5.92 Å². The molecule has 1 aliphatic heterocycles. The Balaban J connectivity index is 2.22. The van der Waals surface area contributed by atoms with Crippen molar-refractivity contribution in [1.29, 1.82) is 0 Å². The van der Waals surface area contributed by atoms with E-state index in [0.717, 1.165) is 13.0 Å². The zero-order valence-corrected chi connectivity index (χ0v) is 7.23. The lowest BCUT2D eigenvalue weighted by atomic mass is 10.1. The lowest BCUT2D eigenvalue weighted by Gasteiger charge is -2.31. The Morgan fingerprint density at radius 1 is 1.33 bits per heavy atom. The Kier molecular flexibility index (Phi) is 3.20. The van der Waals surface area contributed by atoms with Crippen molar-refractivity contribution in [3.8, 4) is 0 Å². The molecule has 1 heterocycles. The van der Waals surface area contributed by atoms with Crippen molar-refractivity contribution in [1.82, 2.24) is 4.90 Å². The summed E-state index contributed by atoms with van der Waals surface area (Å²) in [4.78, 5) is 2.07. The van der Waals surface area contributed by atoms with Crippen molar-refractivity contribution in [3.63, 3.8) is 0 Å². The van der Waals surface area contributed by atoms with Gasteiger partial charge in [-0.2, -0.15) is 0 Å². The third-order valence-corrected chi connectivity index (χ3v) is 2.24. The second-order valence-electron chi connectivity index (χ2n) is 3.27. The van der Waals surface area contributed by atoms with Gasteiger partial charge in [-0.25, -0.2) is 8.78 Å². The largest absolute Gasteiger partial charge is 0.303 e. The second-order valence-corrected chi connectivity index (χ2v) is 3.27. The van der Waals surface area contributed by atoms with Crippen molar-refractivity contribution >= 4 is 0 Å². The standard InChI is InChI=1S/C9H15F2N/c1-2-3-6-12-7-4-9(10,11)5-8-12/h2H,1,3-8H2. The second kappa shape index (κ2) is 3.99. The first-order chi connectivity index (χ1) is 5.64. The first-order valence-corrected chi connectivity index (χ1v) is 4.35. The zero-order chi connectivity index (χ0) is 9.03. The van der Waals surface area contributed by atoms with Gasteiger partial charge in [-0.05, 0) is 6.42 Å². The van der Waals surface area contributed by atoms with Gasteiger partial charge < -0.3 is 4.90 Å². The van der Waals surface area contributed by atoms with Crippen LogP contribution in [-0.4, -0.2) is 30.5 Å². The van der Waals surface area contributed by atoms with Gasteiger partial charge in [-0.3, -0.25) is 0 Å². The van der Waals surface area contributed by atoms with E-state index in [1.54, 1.807) is 0 Å². The lowest BCUT2D eigenvalue weighted by molar-refractivity contribution is -0.0547. The van der Waals surface area contributed by atoms with Crippen molar-refractivity contribution in [2.75, 3.05) is 19.6 Å². The van der Waals surface area contributed by atoms with Crippen molar-refractivity contribution in [2.45, 2.75) is 25.2 Å². The van der Waals surface area contributed by atoms with Crippen LogP contribution in [0.25, 0.3) is 0 Å². The highest BCUT2D eigenvalue weighted by molar-refractivity contribution is 4.79. The van der Waals surface area contributed by atoms with Gasteiger partial charge >= 0.3 is 0 Å². The number of piperidine rings is 1. The van der Waals surface area contributed by atoms with Crippen molar-refractivity contribution in [3.05, 3.63) is 12.7 Å². The number of halogens is 2. The summed E-state index contributed by atoms with van der Waals surface area (Å²) in [6.45, 7) is 5.53. The van der Waals surface area contributed by atoms with Crippen LogP contribution < -0.4 is 0 Å². The maximum atomic E-state index is 12.7. The molecule has 1 rings (SSSR count). The number of likely N-dealkylation sites (tertiary alicyclic amines) is 1. The molecule has 0 radical (unpaired) electrons. The molecule has 0 N–H and O–H groups in total. The molecule has 0 atom stereocenters. The van der Waals surface area contributed by atoms with Crippen LogP contribution >= 0.6 is 0 Å². The van der Waals surface area contributed by atoms with Gasteiger partial charge in [0, 0.05) is 32.5 Å². The highest BCUT2D eigenvalue weighted by atomic mass is 19.3. The summed E-state index contributed by atoms with van der Waals surface area (Å²) in [6.07, 6.45) is 2.76. The Hall–Kier alpha value is -0.440. The molecular formula is C9H15F2N. The van der Waals surface area contributed by atoms with E-state index in [4.69, 9.17) is 0 Å². The Morgan fingerprint density at radius 3 is 2.42 bits per heavy atom. The average Bonchev–Trinajstić information content (AvgIpc) is 2.03. The first-order valence-electron chi connectivity index (χ1n) is 4.35. The monoisotopic (exact) mass is 175 g/mol. The normalized spacial score (nSPS) is 23.8. The molecule has 0 aliphatic carbocycles. The third kappa shape index (κ3) is 2.89. The molecule has 0 saturated carbocycles. The van der Waals surface area contributed by atoms with Gasteiger partial charge in [0.15, 0.2) is 0 Å². The van der Waals surface area contributed by atoms with Crippen LogP contribution in [0.15, 0.2) is 12.7 Å². The molecule has 1 saturated heterocycles. The van der Waals surface area contributed by atoms with Crippen LogP contribution in [0.1, 0.15) is 19.3 Å². The minimum absolute atomic E-state index is 0.0180. The molecular weight excluding hydrogens is 160 g/mol. The number of nitrogens with zero attached hydrogens (tertiary/aromatic N) is 1.